The number of methoxy groups -OCH3 is 1. The number of thiocarbonyl (C=S) groups is 1. The number of likely N-dealkylation sites (tertiary alicyclic amines) is 1. The highest BCUT2D eigenvalue weighted by atomic mass is 32.1. The van der Waals surface area contributed by atoms with Gasteiger partial charge in [-0.05, 0) is 60.2 Å². The van der Waals surface area contributed by atoms with Crippen molar-refractivity contribution in [1.29, 1.82) is 0 Å². The smallest absolute Gasteiger partial charge is 0.142 e. The van der Waals surface area contributed by atoms with E-state index in [4.69, 9.17) is 26.5 Å². The molecule has 1 fully saturated rings. The molecule has 1 aliphatic heterocycles. The molecule has 4 rings (SSSR count). The molecule has 6 heteroatoms. The summed E-state index contributed by atoms with van der Waals surface area (Å²) in [5, 5.41) is 4.35. The van der Waals surface area contributed by atoms with Crippen LogP contribution in [0.3, 0.4) is 0 Å². The molecular weight excluding hydrogens is 456 g/mol. The lowest BCUT2D eigenvalue weighted by Crippen LogP contribution is -2.37. The third-order valence-electron chi connectivity index (χ3n) is 6.01. The van der Waals surface area contributed by atoms with E-state index in [0.717, 1.165) is 40.7 Å². The van der Waals surface area contributed by atoms with Crippen LogP contribution in [0, 0.1) is 0 Å². The maximum atomic E-state index is 5.91. The van der Waals surface area contributed by atoms with Crippen LogP contribution in [0.4, 0.5) is 0 Å². The Balaban J connectivity index is 1.31. The van der Waals surface area contributed by atoms with Crippen molar-refractivity contribution in [3.8, 4) is 16.9 Å². The van der Waals surface area contributed by atoms with Crippen molar-refractivity contribution in [1.82, 2.24) is 4.90 Å². The van der Waals surface area contributed by atoms with Crippen LogP contribution < -0.4 is 4.74 Å². The SMILES string of the molecule is COC/C(=N/OCc1ccc(-c2ccccc2)cc1)c1ccc(OCC(=S)N2CCCCC2)cc1. The molecule has 0 atom stereocenters. The zero-order chi connectivity index (χ0) is 24.3. The van der Waals surface area contributed by atoms with E-state index in [2.05, 4.69) is 46.5 Å². The van der Waals surface area contributed by atoms with Gasteiger partial charge in [0.2, 0.25) is 0 Å². The lowest BCUT2D eigenvalue weighted by atomic mass is 10.0. The molecule has 0 aliphatic carbocycles. The van der Waals surface area contributed by atoms with Gasteiger partial charge in [0.25, 0.3) is 0 Å². The highest BCUT2D eigenvalue weighted by molar-refractivity contribution is 7.80. The average Bonchev–Trinajstić information content (AvgIpc) is 2.93. The van der Waals surface area contributed by atoms with Gasteiger partial charge in [-0.2, -0.15) is 0 Å². The van der Waals surface area contributed by atoms with E-state index in [-0.39, 0.29) is 0 Å². The predicted octanol–water partition coefficient (Wildman–Crippen LogP) is 6.11. The fraction of sp³-hybridized carbons (Fsp3) is 0.310. The Hall–Kier alpha value is -3.22. The molecule has 5 nitrogen and oxygen atoms in total. The molecule has 3 aromatic carbocycles. The molecule has 0 spiro atoms. The molecule has 0 bridgehead atoms. The molecule has 35 heavy (non-hydrogen) atoms. The highest BCUT2D eigenvalue weighted by Gasteiger charge is 2.14. The Morgan fingerprint density at radius 3 is 2.20 bits per heavy atom. The minimum atomic E-state index is 0.353. The first kappa shape index (κ1) is 24.9. The third-order valence-corrected chi connectivity index (χ3v) is 6.38. The Morgan fingerprint density at radius 1 is 0.829 bits per heavy atom. The lowest BCUT2D eigenvalue weighted by molar-refractivity contribution is 0.127. The van der Waals surface area contributed by atoms with Crippen LogP contribution >= 0.6 is 12.2 Å². The third kappa shape index (κ3) is 7.38. The van der Waals surface area contributed by atoms with E-state index >= 15 is 0 Å². The van der Waals surface area contributed by atoms with Crippen molar-refractivity contribution in [3.63, 3.8) is 0 Å². The van der Waals surface area contributed by atoms with Crippen molar-refractivity contribution in [2.45, 2.75) is 25.9 Å². The van der Waals surface area contributed by atoms with Crippen molar-refractivity contribution < 1.29 is 14.3 Å². The van der Waals surface area contributed by atoms with Gasteiger partial charge >= 0.3 is 0 Å². The molecular formula is C29H32N2O3S. The minimum absolute atomic E-state index is 0.353. The summed E-state index contributed by atoms with van der Waals surface area (Å²) in [7, 11) is 1.65. The number of hydrogen-bond donors (Lipinski definition) is 0. The Bertz CT molecular complexity index is 1090. The molecule has 0 amide bonds. The summed E-state index contributed by atoms with van der Waals surface area (Å²) in [6.07, 6.45) is 3.70. The standard InChI is InChI=1S/C29H32N2O3S/c1-32-21-28(30-34-20-23-10-12-25(13-11-23)24-8-4-2-5-9-24)26-14-16-27(17-15-26)33-22-29(35)31-18-6-3-7-19-31/h2,4-5,8-17H,3,6-7,18-22H2,1H3/b30-28-. The monoisotopic (exact) mass is 488 g/mol. The van der Waals surface area contributed by atoms with E-state index in [9.17, 15) is 0 Å². The van der Waals surface area contributed by atoms with Gasteiger partial charge in [-0.3, -0.25) is 0 Å². The summed E-state index contributed by atoms with van der Waals surface area (Å²) in [5.41, 5.74) is 5.08. The number of oxime groups is 1. The van der Waals surface area contributed by atoms with Gasteiger partial charge in [0.15, 0.2) is 0 Å². The Labute approximate surface area is 213 Å². The Morgan fingerprint density at radius 2 is 1.51 bits per heavy atom. The number of nitrogens with zero attached hydrogens (tertiary/aromatic N) is 2. The summed E-state index contributed by atoms with van der Waals surface area (Å²) < 4.78 is 11.2. The van der Waals surface area contributed by atoms with E-state index in [1.165, 1.54) is 30.4 Å². The summed E-state index contributed by atoms with van der Waals surface area (Å²) in [5.74, 6) is 0.782. The summed E-state index contributed by atoms with van der Waals surface area (Å²) in [6.45, 7) is 3.24. The van der Waals surface area contributed by atoms with Crippen molar-refractivity contribution in [2.75, 3.05) is 33.4 Å². The number of benzene rings is 3. The second kappa shape index (κ2) is 13.0. The quantitative estimate of drug-likeness (QED) is 0.196. The zero-order valence-corrected chi connectivity index (χ0v) is 21.0. The minimum Gasteiger partial charge on any atom is -0.486 e. The largest absolute Gasteiger partial charge is 0.486 e. The van der Waals surface area contributed by atoms with Crippen LogP contribution in [-0.4, -0.2) is 49.0 Å². The topological polar surface area (TPSA) is 43.3 Å². The first-order chi connectivity index (χ1) is 17.2. The second-order valence-corrected chi connectivity index (χ2v) is 9.03. The number of ether oxygens (including phenoxy) is 2. The molecule has 1 heterocycles. The molecule has 1 saturated heterocycles. The van der Waals surface area contributed by atoms with Crippen LogP contribution in [0.25, 0.3) is 11.1 Å². The molecule has 0 unspecified atom stereocenters. The predicted molar refractivity (Wildman–Crippen MR) is 145 cm³/mol. The van der Waals surface area contributed by atoms with Crippen molar-refractivity contribution >= 4 is 22.9 Å². The van der Waals surface area contributed by atoms with E-state index < -0.39 is 0 Å². The van der Waals surface area contributed by atoms with Crippen LogP contribution in [0.2, 0.25) is 0 Å². The zero-order valence-electron chi connectivity index (χ0n) is 20.2. The van der Waals surface area contributed by atoms with Gasteiger partial charge < -0.3 is 19.2 Å². The molecule has 182 valence electrons. The fourth-order valence-electron chi connectivity index (χ4n) is 4.03. The van der Waals surface area contributed by atoms with E-state index in [0.29, 0.717) is 19.8 Å². The molecule has 1 aliphatic rings. The van der Waals surface area contributed by atoms with Gasteiger partial charge in [-0.1, -0.05) is 72.0 Å². The molecule has 0 saturated carbocycles. The van der Waals surface area contributed by atoms with Gasteiger partial charge in [0, 0.05) is 25.8 Å². The van der Waals surface area contributed by atoms with Gasteiger partial charge in [-0.15, -0.1) is 0 Å². The van der Waals surface area contributed by atoms with Crippen molar-refractivity contribution in [2.24, 2.45) is 5.16 Å². The molecule has 0 radical (unpaired) electrons. The number of hydrogen-bond acceptors (Lipinski definition) is 5. The lowest BCUT2D eigenvalue weighted by Gasteiger charge is -2.28. The first-order valence-corrected chi connectivity index (χ1v) is 12.5. The molecule has 0 aromatic heterocycles. The molecule has 3 aromatic rings. The van der Waals surface area contributed by atoms with Crippen LogP contribution in [0.15, 0.2) is 84.0 Å². The average molecular weight is 489 g/mol. The Kier molecular flexibility index (Phi) is 9.26. The second-order valence-electron chi connectivity index (χ2n) is 8.56. The van der Waals surface area contributed by atoms with Gasteiger partial charge in [0.1, 0.15) is 29.7 Å². The van der Waals surface area contributed by atoms with E-state index in [1.54, 1.807) is 7.11 Å². The van der Waals surface area contributed by atoms with Gasteiger partial charge in [-0.25, -0.2) is 0 Å². The molecule has 0 N–H and O–H groups in total. The van der Waals surface area contributed by atoms with E-state index in [1.807, 2.05) is 42.5 Å². The maximum Gasteiger partial charge on any atom is 0.142 e. The van der Waals surface area contributed by atoms with Crippen LogP contribution in [0.1, 0.15) is 30.4 Å². The van der Waals surface area contributed by atoms with Gasteiger partial charge in [0.05, 0.1) is 6.61 Å². The van der Waals surface area contributed by atoms with Crippen LogP contribution in [-0.2, 0) is 16.2 Å². The summed E-state index contributed by atoms with van der Waals surface area (Å²) >= 11 is 5.54. The summed E-state index contributed by atoms with van der Waals surface area (Å²) in [4.78, 5) is 8.79. The highest BCUT2D eigenvalue weighted by Crippen LogP contribution is 2.20. The number of rotatable bonds is 10. The fourth-order valence-corrected chi connectivity index (χ4v) is 4.27. The number of piperidine rings is 1. The van der Waals surface area contributed by atoms with Crippen molar-refractivity contribution in [3.05, 3.63) is 90.0 Å². The van der Waals surface area contributed by atoms with Crippen LogP contribution in [0.5, 0.6) is 5.75 Å². The maximum absolute atomic E-state index is 5.91. The normalized spacial score (nSPS) is 14.0. The summed E-state index contributed by atoms with van der Waals surface area (Å²) in [6, 6.07) is 26.4. The first-order valence-electron chi connectivity index (χ1n) is 12.1.